The first-order valence-electron chi connectivity index (χ1n) is 10.7. The Kier molecular flexibility index (Phi) is 6.55. The Balaban J connectivity index is 1.42. The number of anilines is 3. The van der Waals surface area contributed by atoms with Crippen molar-refractivity contribution in [3.8, 4) is 11.1 Å². The fourth-order valence-corrected chi connectivity index (χ4v) is 3.97. The smallest absolute Gasteiger partial charge is 0.399 e. The minimum atomic E-state index is -4.22. The first-order chi connectivity index (χ1) is 15.8. The van der Waals surface area contributed by atoms with Gasteiger partial charge in [-0.1, -0.05) is 36.4 Å². The topological polar surface area (TPSA) is 70.4 Å². The number of carbonyl (C=O) groups excluding carboxylic acids is 1. The second-order valence-electron chi connectivity index (χ2n) is 8.10. The number of alkyl halides is 3. The van der Waals surface area contributed by atoms with Gasteiger partial charge in [-0.3, -0.25) is 4.79 Å². The fraction of sp³-hybridized carbons (Fsp3) is 0.240. The van der Waals surface area contributed by atoms with Crippen LogP contribution < -0.4 is 21.3 Å². The molecule has 1 aliphatic heterocycles. The molecule has 5 nitrogen and oxygen atoms in total. The number of hydrogen-bond acceptors (Lipinski definition) is 4. The van der Waals surface area contributed by atoms with Crippen LogP contribution in [0.25, 0.3) is 11.1 Å². The van der Waals surface area contributed by atoms with Crippen molar-refractivity contribution in [2.45, 2.75) is 18.6 Å². The van der Waals surface area contributed by atoms with Crippen molar-refractivity contribution in [3.63, 3.8) is 0 Å². The van der Waals surface area contributed by atoms with Crippen LogP contribution in [0, 0.1) is 0 Å². The molecule has 0 radical (unpaired) electrons. The maximum absolute atomic E-state index is 12.9. The molecule has 33 heavy (non-hydrogen) atoms. The number of hydrogen-bond donors (Lipinski definition) is 3. The quantitative estimate of drug-likeness (QED) is 0.463. The van der Waals surface area contributed by atoms with Gasteiger partial charge in [0.25, 0.3) is 5.91 Å². The van der Waals surface area contributed by atoms with Crippen LogP contribution in [0.2, 0.25) is 0 Å². The molecule has 8 heteroatoms. The molecule has 4 N–H and O–H groups in total. The van der Waals surface area contributed by atoms with Crippen molar-refractivity contribution in [3.05, 3.63) is 78.4 Å². The summed E-state index contributed by atoms with van der Waals surface area (Å²) in [7, 11) is 0. The molecule has 172 valence electrons. The Morgan fingerprint density at radius 2 is 1.76 bits per heavy atom. The Labute approximate surface area is 190 Å². The Bertz CT molecular complexity index is 1100. The van der Waals surface area contributed by atoms with Crippen LogP contribution in [-0.2, 0) is 0 Å². The van der Waals surface area contributed by atoms with Crippen LogP contribution in [0.1, 0.15) is 16.8 Å². The molecule has 1 amide bonds. The number of nitrogens with one attached hydrogen (secondary N) is 2. The summed E-state index contributed by atoms with van der Waals surface area (Å²) in [4.78, 5) is 14.9. The Morgan fingerprint density at radius 3 is 2.45 bits per heavy atom. The molecule has 0 bridgehead atoms. The van der Waals surface area contributed by atoms with Crippen molar-refractivity contribution >= 4 is 23.0 Å². The zero-order valence-corrected chi connectivity index (χ0v) is 17.9. The van der Waals surface area contributed by atoms with E-state index in [-0.39, 0.29) is 11.9 Å². The van der Waals surface area contributed by atoms with Gasteiger partial charge in [-0.05, 0) is 48.4 Å². The third kappa shape index (κ3) is 5.84. The molecule has 0 saturated carbocycles. The molecule has 1 atom stereocenters. The largest absolute Gasteiger partial charge is 0.401 e. The minimum absolute atomic E-state index is 0.213. The molecule has 3 aromatic rings. The Hall–Kier alpha value is -3.52. The van der Waals surface area contributed by atoms with Crippen molar-refractivity contribution in [1.82, 2.24) is 5.32 Å². The summed E-state index contributed by atoms with van der Waals surface area (Å²) in [6.07, 6.45) is -3.58. The summed E-state index contributed by atoms with van der Waals surface area (Å²) in [5.41, 5.74) is 10.3. The van der Waals surface area contributed by atoms with Crippen molar-refractivity contribution in [2.24, 2.45) is 0 Å². The van der Waals surface area contributed by atoms with Crippen LogP contribution in [-0.4, -0.2) is 37.8 Å². The lowest BCUT2D eigenvalue weighted by Crippen LogP contribution is -2.38. The first-order valence-corrected chi connectivity index (χ1v) is 10.7. The van der Waals surface area contributed by atoms with Gasteiger partial charge in [-0.25, -0.2) is 0 Å². The number of rotatable bonds is 6. The number of benzene rings is 3. The first kappa shape index (κ1) is 22.7. The van der Waals surface area contributed by atoms with Gasteiger partial charge in [0.2, 0.25) is 0 Å². The van der Waals surface area contributed by atoms with E-state index in [2.05, 4.69) is 10.6 Å². The molecule has 1 aliphatic rings. The van der Waals surface area contributed by atoms with E-state index in [1.165, 1.54) is 0 Å². The Morgan fingerprint density at radius 1 is 1.03 bits per heavy atom. The lowest BCUT2D eigenvalue weighted by molar-refractivity contribution is -0.125. The third-order valence-electron chi connectivity index (χ3n) is 5.65. The van der Waals surface area contributed by atoms with Gasteiger partial charge in [-0.2, -0.15) is 13.2 Å². The van der Waals surface area contributed by atoms with Gasteiger partial charge in [0, 0.05) is 41.6 Å². The minimum Gasteiger partial charge on any atom is -0.399 e. The average Bonchev–Trinajstić information content (AvgIpc) is 3.27. The molecular formula is C25H25F3N4O. The number of nitrogens with zero attached hydrogens (tertiary/aromatic N) is 1. The van der Waals surface area contributed by atoms with Crippen LogP contribution in [0.4, 0.5) is 30.2 Å². The molecule has 1 saturated heterocycles. The van der Waals surface area contributed by atoms with Gasteiger partial charge in [-0.15, -0.1) is 0 Å². The third-order valence-corrected chi connectivity index (χ3v) is 5.65. The van der Waals surface area contributed by atoms with Crippen molar-refractivity contribution in [2.75, 3.05) is 35.6 Å². The van der Waals surface area contributed by atoms with E-state index in [9.17, 15) is 18.0 Å². The number of nitrogens with two attached hydrogens (primary N) is 1. The van der Waals surface area contributed by atoms with E-state index in [0.717, 1.165) is 16.8 Å². The zero-order chi connectivity index (χ0) is 23.4. The van der Waals surface area contributed by atoms with E-state index < -0.39 is 12.7 Å². The molecule has 0 aliphatic carbocycles. The summed E-state index contributed by atoms with van der Waals surface area (Å²) in [6.45, 7) is 0.162. The zero-order valence-electron chi connectivity index (χ0n) is 17.9. The van der Waals surface area contributed by atoms with Crippen LogP contribution in [0.5, 0.6) is 0 Å². The van der Waals surface area contributed by atoms with E-state index in [0.29, 0.717) is 36.4 Å². The average molecular weight is 454 g/mol. The molecule has 0 spiro atoms. The van der Waals surface area contributed by atoms with E-state index in [4.69, 9.17) is 5.73 Å². The summed E-state index contributed by atoms with van der Waals surface area (Å²) in [6, 6.07) is 22.0. The second kappa shape index (κ2) is 9.54. The molecule has 1 fully saturated rings. The number of carbonyl (C=O) groups is 1. The molecule has 0 aromatic heterocycles. The highest BCUT2D eigenvalue weighted by atomic mass is 19.4. The number of amides is 1. The van der Waals surface area contributed by atoms with Crippen molar-refractivity contribution in [1.29, 1.82) is 0 Å². The highest BCUT2D eigenvalue weighted by Gasteiger charge is 2.30. The standard InChI is InChI=1S/C25H25F3N4O/c26-25(27,28)16-30-20-12-13-32(15-20)21-9-6-18(7-10-21)24(33)31-23-14-19(29)8-11-22(23)17-4-2-1-3-5-17/h1-11,14,20,30H,12-13,15-16,29H2,(H,31,33)/t20-/m0/s1. The van der Waals surface area contributed by atoms with Gasteiger partial charge in [0.1, 0.15) is 0 Å². The molecule has 0 unspecified atom stereocenters. The van der Waals surface area contributed by atoms with Gasteiger partial charge in [0.15, 0.2) is 0 Å². The maximum Gasteiger partial charge on any atom is 0.401 e. The highest BCUT2D eigenvalue weighted by molar-refractivity contribution is 6.06. The summed E-state index contributed by atoms with van der Waals surface area (Å²) < 4.78 is 37.3. The fourth-order valence-electron chi connectivity index (χ4n) is 3.97. The monoisotopic (exact) mass is 454 g/mol. The normalized spacial score (nSPS) is 16.1. The molecule has 3 aromatic carbocycles. The summed E-state index contributed by atoms with van der Waals surface area (Å²) in [5.74, 6) is -0.268. The predicted molar refractivity (Wildman–Crippen MR) is 125 cm³/mol. The van der Waals surface area contributed by atoms with Crippen LogP contribution >= 0.6 is 0 Å². The van der Waals surface area contributed by atoms with Crippen LogP contribution in [0.15, 0.2) is 72.8 Å². The molecular weight excluding hydrogens is 429 g/mol. The lowest BCUT2D eigenvalue weighted by Gasteiger charge is -2.20. The van der Waals surface area contributed by atoms with Gasteiger partial charge < -0.3 is 21.3 Å². The SMILES string of the molecule is Nc1ccc(-c2ccccc2)c(NC(=O)c2ccc(N3CC[C@H](NCC(F)(F)F)C3)cc2)c1. The number of nitrogen functional groups attached to an aromatic ring is 1. The molecule has 1 heterocycles. The van der Waals surface area contributed by atoms with E-state index >= 15 is 0 Å². The van der Waals surface area contributed by atoms with Gasteiger partial charge >= 0.3 is 6.18 Å². The molecule has 4 rings (SSSR count). The number of halogens is 3. The van der Waals surface area contributed by atoms with E-state index in [1.807, 2.05) is 53.4 Å². The highest BCUT2D eigenvalue weighted by Crippen LogP contribution is 2.30. The predicted octanol–water partition coefficient (Wildman–Crippen LogP) is 4.92. The lowest BCUT2D eigenvalue weighted by atomic mass is 10.0. The van der Waals surface area contributed by atoms with E-state index in [1.54, 1.807) is 24.3 Å². The summed E-state index contributed by atoms with van der Waals surface area (Å²) >= 11 is 0. The van der Waals surface area contributed by atoms with Crippen LogP contribution in [0.3, 0.4) is 0 Å². The second-order valence-corrected chi connectivity index (χ2v) is 8.10. The summed E-state index contributed by atoms with van der Waals surface area (Å²) in [5, 5.41) is 5.50. The maximum atomic E-state index is 12.9. The van der Waals surface area contributed by atoms with Gasteiger partial charge in [0.05, 0.1) is 12.2 Å². The van der Waals surface area contributed by atoms with Crippen molar-refractivity contribution < 1.29 is 18.0 Å².